The van der Waals surface area contributed by atoms with E-state index in [2.05, 4.69) is 48.1 Å². The van der Waals surface area contributed by atoms with E-state index in [0.717, 1.165) is 18.3 Å². The molecule has 0 saturated carbocycles. The highest BCUT2D eigenvalue weighted by molar-refractivity contribution is 4.92. The Balaban J connectivity index is 0. The van der Waals surface area contributed by atoms with Gasteiger partial charge in [-0.3, -0.25) is 0 Å². The van der Waals surface area contributed by atoms with E-state index >= 15 is 0 Å². The second-order valence-corrected chi connectivity index (χ2v) is 5.24. The molecule has 92 valence electrons. The predicted octanol–water partition coefficient (Wildman–Crippen LogP) is 5.83. The molecular formula is C15H32. The van der Waals surface area contributed by atoms with Gasteiger partial charge in [-0.1, -0.05) is 73.0 Å². The van der Waals surface area contributed by atoms with Crippen LogP contribution in [0.4, 0.5) is 0 Å². The molecule has 0 aliphatic heterocycles. The highest BCUT2D eigenvalue weighted by Gasteiger charge is 1.93. The van der Waals surface area contributed by atoms with Crippen molar-refractivity contribution in [2.24, 2.45) is 11.8 Å². The van der Waals surface area contributed by atoms with Crippen molar-refractivity contribution in [3.05, 3.63) is 12.2 Å². The summed E-state index contributed by atoms with van der Waals surface area (Å²) in [6.07, 6.45) is 6.47. The SMILES string of the molecule is C=C(CC)CC(C)C.CCCCC(C)C. The molecule has 15 heavy (non-hydrogen) atoms. The first-order chi connectivity index (χ1) is 6.93. The van der Waals surface area contributed by atoms with E-state index in [0.29, 0.717) is 0 Å². The first kappa shape index (κ1) is 17.1. The van der Waals surface area contributed by atoms with Gasteiger partial charge >= 0.3 is 0 Å². The zero-order chi connectivity index (χ0) is 12.3. The maximum Gasteiger partial charge on any atom is -0.0300 e. The van der Waals surface area contributed by atoms with E-state index in [4.69, 9.17) is 0 Å². The van der Waals surface area contributed by atoms with Gasteiger partial charge in [-0.25, -0.2) is 0 Å². The fourth-order valence-corrected chi connectivity index (χ4v) is 1.33. The van der Waals surface area contributed by atoms with Crippen molar-refractivity contribution in [3.8, 4) is 0 Å². The molecule has 0 fully saturated rings. The summed E-state index contributed by atoms with van der Waals surface area (Å²) in [5.41, 5.74) is 1.38. The van der Waals surface area contributed by atoms with Crippen molar-refractivity contribution < 1.29 is 0 Å². The van der Waals surface area contributed by atoms with E-state index in [1.807, 2.05) is 0 Å². The first-order valence-electron chi connectivity index (χ1n) is 6.60. The van der Waals surface area contributed by atoms with E-state index in [-0.39, 0.29) is 0 Å². The van der Waals surface area contributed by atoms with Gasteiger partial charge in [0, 0.05) is 0 Å². The van der Waals surface area contributed by atoms with E-state index in [9.17, 15) is 0 Å². The van der Waals surface area contributed by atoms with Crippen molar-refractivity contribution in [1.82, 2.24) is 0 Å². The van der Waals surface area contributed by atoms with Crippen LogP contribution in [-0.2, 0) is 0 Å². The van der Waals surface area contributed by atoms with Gasteiger partial charge in [-0.05, 0) is 24.7 Å². The van der Waals surface area contributed by atoms with Crippen LogP contribution >= 0.6 is 0 Å². The van der Waals surface area contributed by atoms with Crippen LogP contribution in [0.15, 0.2) is 12.2 Å². The van der Waals surface area contributed by atoms with Gasteiger partial charge in [-0.15, -0.1) is 0 Å². The number of hydrogen-bond acceptors (Lipinski definition) is 0. The molecule has 0 atom stereocenters. The predicted molar refractivity (Wildman–Crippen MR) is 73.2 cm³/mol. The molecule has 0 unspecified atom stereocenters. The van der Waals surface area contributed by atoms with Crippen LogP contribution in [0.2, 0.25) is 0 Å². The van der Waals surface area contributed by atoms with Crippen molar-refractivity contribution in [1.29, 1.82) is 0 Å². The smallest absolute Gasteiger partial charge is 0.0300 e. The van der Waals surface area contributed by atoms with Crippen molar-refractivity contribution in [2.75, 3.05) is 0 Å². The average Bonchev–Trinajstić information content (AvgIpc) is 2.14. The topological polar surface area (TPSA) is 0 Å². The van der Waals surface area contributed by atoms with Gasteiger partial charge in [0.15, 0.2) is 0 Å². The van der Waals surface area contributed by atoms with Crippen molar-refractivity contribution in [3.63, 3.8) is 0 Å². The lowest BCUT2D eigenvalue weighted by Crippen LogP contribution is -1.87. The Bertz CT molecular complexity index is 131. The first-order valence-corrected chi connectivity index (χ1v) is 6.60. The maximum absolute atomic E-state index is 3.91. The van der Waals surface area contributed by atoms with E-state index in [1.165, 1.54) is 31.3 Å². The van der Waals surface area contributed by atoms with Crippen LogP contribution in [0.25, 0.3) is 0 Å². The van der Waals surface area contributed by atoms with Gasteiger partial charge in [-0.2, -0.15) is 0 Å². The molecule has 0 heterocycles. The van der Waals surface area contributed by atoms with Gasteiger partial charge in [0.2, 0.25) is 0 Å². The summed E-state index contributed by atoms with van der Waals surface area (Å²) in [5.74, 6) is 1.68. The summed E-state index contributed by atoms with van der Waals surface area (Å²) < 4.78 is 0. The largest absolute Gasteiger partial charge is 0.0999 e. The van der Waals surface area contributed by atoms with Crippen LogP contribution in [0, 0.1) is 11.8 Å². The summed E-state index contributed by atoms with van der Waals surface area (Å²) in [4.78, 5) is 0. The van der Waals surface area contributed by atoms with Gasteiger partial charge in [0.05, 0.1) is 0 Å². The summed E-state index contributed by atoms with van der Waals surface area (Å²) in [5, 5.41) is 0. The Hall–Kier alpha value is -0.260. The lowest BCUT2D eigenvalue weighted by Gasteiger charge is -2.03. The molecule has 0 N–H and O–H groups in total. The number of unbranched alkanes of at least 4 members (excludes halogenated alkanes) is 1. The molecule has 0 aromatic carbocycles. The molecule has 0 heteroatoms. The minimum Gasteiger partial charge on any atom is -0.0999 e. The molecule has 0 aliphatic rings. The Morgan fingerprint density at radius 3 is 1.67 bits per heavy atom. The molecule has 0 spiro atoms. The van der Waals surface area contributed by atoms with Crippen LogP contribution in [0.3, 0.4) is 0 Å². The molecule has 0 aromatic rings. The third-order valence-electron chi connectivity index (χ3n) is 2.33. The third kappa shape index (κ3) is 20.0. The standard InChI is InChI=1S/C8H16.C7H16/c1-5-8(4)6-7(2)3;1-4-5-6-7(2)3/h7H,4-6H2,1-3H3;7H,4-6H2,1-3H3. The van der Waals surface area contributed by atoms with Gasteiger partial charge < -0.3 is 0 Å². The van der Waals surface area contributed by atoms with E-state index < -0.39 is 0 Å². The van der Waals surface area contributed by atoms with Crippen LogP contribution in [-0.4, -0.2) is 0 Å². The molecule has 0 rings (SSSR count). The zero-order valence-electron chi connectivity index (χ0n) is 11.9. The van der Waals surface area contributed by atoms with Gasteiger partial charge in [0.25, 0.3) is 0 Å². The minimum atomic E-state index is 0.780. The minimum absolute atomic E-state index is 0.780. The lowest BCUT2D eigenvalue weighted by molar-refractivity contribution is 0.550. The third-order valence-corrected chi connectivity index (χ3v) is 2.33. The lowest BCUT2D eigenvalue weighted by atomic mass is 10.0. The highest BCUT2D eigenvalue weighted by Crippen LogP contribution is 2.10. The quantitative estimate of drug-likeness (QED) is 0.486. The zero-order valence-corrected chi connectivity index (χ0v) is 11.9. The average molecular weight is 212 g/mol. The van der Waals surface area contributed by atoms with E-state index in [1.54, 1.807) is 0 Å². The monoisotopic (exact) mass is 212 g/mol. The van der Waals surface area contributed by atoms with Crippen LogP contribution in [0.5, 0.6) is 0 Å². The highest BCUT2D eigenvalue weighted by atomic mass is 14.0. The number of rotatable bonds is 6. The Morgan fingerprint density at radius 2 is 1.53 bits per heavy atom. The Kier molecular flexibility index (Phi) is 13.5. The normalized spacial score (nSPS) is 10.1. The fraction of sp³-hybridized carbons (Fsp3) is 0.867. The number of allylic oxidation sites excluding steroid dienone is 1. The summed E-state index contributed by atoms with van der Waals surface area (Å²) in [6.45, 7) is 17.3. The van der Waals surface area contributed by atoms with Crippen molar-refractivity contribution >= 4 is 0 Å². The maximum atomic E-state index is 3.91. The summed E-state index contributed by atoms with van der Waals surface area (Å²) >= 11 is 0. The number of hydrogen-bond donors (Lipinski definition) is 0. The summed E-state index contributed by atoms with van der Waals surface area (Å²) in [6, 6.07) is 0. The van der Waals surface area contributed by atoms with Crippen molar-refractivity contribution in [2.45, 2.75) is 73.6 Å². The fourth-order valence-electron chi connectivity index (χ4n) is 1.33. The Morgan fingerprint density at radius 1 is 1.00 bits per heavy atom. The summed E-state index contributed by atoms with van der Waals surface area (Å²) in [7, 11) is 0. The van der Waals surface area contributed by atoms with Crippen LogP contribution < -0.4 is 0 Å². The molecule has 0 nitrogen and oxygen atoms in total. The van der Waals surface area contributed by atoms with Gasteiger partial charge in [0.1, 0.15) is 0 Å². The Labute approximate surface area is 98.2 Å². The molecule has 0 radical (unpaired) electrons. The second-order valence-electron chi connectivity index (χ2n) is 5.24. The second kappa shape index (κ2) is 11.8. The molecule has 0 amide bonds. The molecule has 0 bridgehead atoms. The van der Waals surface area contributed by atoms with Crippen LogP contribution in [0.1, 0.15) is 73.6 Å². The molecule has 0 saturated heterocycles. The molecule has 0 aromatic heterocycles. The molecular weight excluding hydrogens is 180 g/mol. The molecule has 0 aliphatic carbocycles.